The number of methoxy groups -OCH3 is 1. The number of amides is 1. The predicted octanol–water partition coefficient (Wildman–Crippen LogP) is 1.63. The molecule has 1 aliphatic carbocycles. The quantitative estimate of drug-likeness (QED) is 0.831. The molecule has 0 saturated heterocycles. The van der Waals surface area contributed by atoms with Crippen molar-refractivity contribution in [2.75, 3.05) is 26.8 Å². The second-order valence-corrected chi connectivity index (χ2v) is 5.23. The molecule has 5 nitrogen and oxygen atoms in total. The van der Waals surface area contributed by atoms with Gasteiger partial charge in [-0.25, -0.2) is 8.78 Å². The van der Waals surface area contributed by atoms with Gasteiger partial charge >= 0.3 is 5.97 Å². The lowest BCUT2D eigenvalue weighted by Gasteiger charge is -2.20. The van der Waals surface area contributed by atoms with Crippen molar-refractivity contribution in [3.05, 3.63) is 35.4 Å². The standard InChI is InChI=1S/C15H17F2NO4/c1-22-6-5-18(8-13(19)20)15(21)10-7-9(10)14-11(16)3-2-4-12(14)17/h2-4,9-10H,5-8H2,1H3,(H,19,20)/t9-,10+/m0/s1. The minimum absolute atomic E-state index is 0.0946. The summed E-state index contributed by atoms with van der Waals surface area (Å²) in [5.74, 6) is -4.02. The summed E-state index contributed by atoms with van der Waals surface area (Å²) >= 11 is 0. The van der Waals surface area contributed by atoms with Crippen molar-refractivity contribution in [2.24, 2.45) is 5.92 Å². The Morgan fingerprint density at radius 1 is 1.36 bits per heavy atom. The van der Waals surface area contributed by atoms with Crippen LogP contribution in [0.1, 0.15) is 17.9 Å². The summed E-state index contributed by atoms with van der Waals surface area (Å²) in [6, 6.07) is 3.57. The number of nitrogens with zero attached hydrogens (tertiary/aromatic N) is 1. The molecular weight excluding hydrogens is 296 g/mol. The smallest absolute Gasteiger partial charge is 0.323 e. The number of carbonyl (C=O) groups is 2. The second-order valence-electron chi connectivity index (χ2n) is 5.23. The van der Waals surface area contributed by atoms with Crippen LogP contribution in [0.25, 0.3) is 0 Å². The van der Waals surface area contributed by atoms with E-state index in [0.717, 1.165) is 17.0 Å². The normalized spacial score (nSPS) is 19.8. The molecule has 120 valence electrons. The summed E-state index contributed by atoms with van der Waals surface area (Å²) < 4.78 is 32.3. The summed E-state index contributed by atoms with van der Waals surface area (Å²) in [6.45, 7) is -0.125. The second kappa shape index (κ2) is 6.83. The molecule has 0 radical (unpaired) electrons. The molecule has 1 fully saturated rings. The number of aliphatic carboxylic acids is 1. The molecule has 0 unspecified atom stereocenters. The number of carboxylic acids is 1. The maximum absolute atomic E-state index is 13.7. The van der Waals surface area contributed by atoms with Gasteiger partial charge in [-0.2, -0.15) is 0 Å². The lowest BCUT2D eigenvalue weighted by molar-refractivity contribution is -0.145. The molecule has 1 amide bonds. The largest absolute Gasteiger partial charge is 0.480 e. The average molecular weight is 313 g/mol. The van der Waals surface area contributed by atoms with Crippen molar-refractivity contribution in [3.8, 4) is 0 Å². The van der Waals surface area contributed by atoms with Gasteiger partial charge in [0.15, 0.2) is 0 Å². The molecule has 0 aromatic heterocycles. The van der Waals surface area contributed by atoms with Gasteiger partial charge in [0.25, 0.3) is 0 Å². The molecule has 2 atom stereocenters. The number of benzene rings is 1. The molecular formula is C15H17F2NO4. The molecule has 1 aliphatic rings. The van der Waals surface area contributed by atoms with Gasteiger partial charge in [0, 0.05) is 31.1 Å². The molecule has 0 bridgehead atoms. The summed E-state index contributed by atoms with van der Waals surface area (Å²) in [5, 5.41) is 8.85. The first kappa shape index (κ1) is 16.4. The van der Waals surface area contributed by atoms with Crippen LogP contribution in [0.2, 0.25) is 0 Å². The average Bonchev–Trinajstić information content (AvgIpc) is 3.22. The number of hydrogen-bond acceptors (Lipinski definition) is 3. The number of carbonyl (C=O) groups excluding carboxylic acids is 1. The highest BCUT2D eigenvalue weighted by Crippen LogP contribution is 2.50. The zero-order valence-corrected chi connectivity index (χ0v) is 12.1. The van der Waals surface area contributed by atoms with E-state index in [4.69, 9.17) is 9.84 Å². The fourth-order valence-electron chi connectivity index (χ4n) is 2.52. The molecule has 7 heteroatoms. The van der Waals surface area contributed by atoms with E-state index in [1.807, 2.05) is 0 Å². The molecule has 1 saturated carbocycles. The SMILES string of the molecule is COCCN(CC(=O)O)C(=O)[C@@H]1C[C@@H]1c1c(F)cccc1F. The maximum atomic E-state index is 13.7. The first-order valence-corrected chi connectivity index (χ1v) is 6.89. The first-order valence-electron chi connectivity index (χ1n) is 6.89. The maximum Gasteiger partial charge on any atom is 0.323 e. The number of carboxylic acid groups (broad SMARTS) is 1. The number of hydrogen-bond donors (Lipinski definition) is 1. The fraction of sp³-hybridized carbons (Fsp3) is 0.467. The van der Waals surface area contributed by atoms with Crippen molar-refractivity contribution in [1.29, 1.82) is 0 Å². The van der Waals surface area contributed by atoms with Crippen LogP contribution in [0.4, 0.5) is 8.78 Å². The Kier molecular flexibility index (Phi) is 5.07. The Balaban J connectivity index is 2.08. The molecule has 1 aromatic rings. The zero-order chi connectivity index (χ0) is 16.3. The van der Waals surface area contributed by atoms with Crippen LogP contribution in [0.3, 0.4) is 0 Å². The van der Waals surface area contributed by atoms with Crippen LogP contribution in [0.5, 0.6) is 0 Å². The summed E-state index contributed by atoms with van der Waals surface area (Å²) in [4.78, 5) is 24.3. The van der Waals surface area contributed by atoms with Crippen LogP contribution in [-0.4, -0.2) is 48.7 Å². The van der Waals surface area contributed by atoms with E-state index >= 15 is 0 Å². The van der Waals surface area contributed by atoms with Gasteiger partial charge in [-0.15, -0.1) is 0 Å². The van der Waals surface area contributed by atoms with Gasteiger partial charge in [0.1, 0.15) is 18.2 Å². The van der Waals surface area contributed by atoms with Gasteiger partial charge in [-0.3, -0.25) is 9.59 Å². The van der Waals surface area contributed by atoms with Crippen molar-refractivity contribution in [3.63, 3.8) is 0 Å². The molecule has 0 aliphatic heterocycles. The third-order valence-electron chi connectivity index (χ3n) is 3.68. The van der Waals surface area contributed by atoms with Crippen molar-refractivity contribution in [1.82, 2.24) is 4.90 Å². The minimum atomic E-state index is -1.14. The van der Waals surface area contributed by atoms with Crippen molar-refractivity contribution < 1.29 is 28.2 Å². The minimum Gasteiger partial charge on any atom is -0.480 e. The first-order chi connectivity index (χ1) is 10.5. The van der Waals surface area contributed by atoms with Crippen LogP contribution >= 0.6 is 0 Å². The topological polar surface area (TPSA) is 66.8 Å². The molecule has 0 spiro atoms. The van der Waals surface area contributed by atoms with Crippen LogP contribution in [0, 0.1) is 17.6 Å². The third kappa shape index (κ3) is 3.59. The van der Waals surface area contributed by atoms with E-state index in [-0.39, 0.29) is 18.7 Å². The summed E-state index contributed by atoms with van der Waals surface area (Å²) in [6.07, 6.45) is 0.319. The Morgan fingerprint density at radius 3 is 2.55 bits per heavy atom. The monoisotopic (exact) mass is 313 g/mol. The van der Waals surface area contributed by atoms with E-state index in [1.165, 1.54) is 13.2 Å². The van der Waals surface area contributed by atoms with E-state index in [9.17, 15) is 18.4 Å². The Bertz CT molecular complexity index is 558. The predicted molar refractivity (Wildman–Crippen MR) is 73.3 cm³/mol. The molecule has 2 rings (SSSR count). The molecule has 22 heavy (non-hydrogen) atoms. The van der Waals surface area contributed by atoms with Crippen LogP contribution in [-0.2, 0) is 14.3 Å². The lowest BCUT2D eigenvalue weighted by Crippen LogP contribution is -2.39. The van der Waals surface area contributed by atoms with E-state index < -0.39 is 41.9 Å². The highest BCUT2D eigenvalue weighted by Gasteiger charge is 2.48. The lowest BCUT2D eigenvalue weighted by atomic mass is 10.1. The van der Waals surface area contributed by atoms with Crippen molar-refractivity contribution in [2.45, 2.75) is 12.3 Å². The molecule has 1 N–H and O–H groups in total. The van der Waals surface area contributed by atoms with Gasteiger partial charge in [0.2, 0.25) is 5.91 Å². The van der Waals surface area contributed by atoms with Gasteiger partial charge in [-0.05, 0) is 18.6 Å². The highest BCUT2D eigenvalue weighted by molar-refractivity contribution is 5.86. The van der Waals surface area contributed by atoms with Gasteiger partial charge in [0.05, 0.1) is 6.61 Å². The van der Waals surface area contributed by atoms with Crippen LogP contribution < -0.4 is 0 Å². The number of halogens is 2. The number of rotatable bonds is 7. The van der Waals surface area contributed by atoms with Gasteiger partial charge in [-0.1, -0.05) is 6.07 Å². The number of ether oxygens (including phenoxy) is 1. The van der Waals surface area contributed by atoms with E-state index in [0.29, 0.717) is 6.42 Å². The Morgan fingerprint density at radius 2 is 2.00 bits per heavy atom. The molecule has 0 heterocycles. The van der Waals surface area contributed by atoms with Crippen LogP contribution in [0.15, 0.2) is 18.2 Å². The highest BCUT2D eigenvalue weighted by atomic mass is 19.1. The summed E-state index contributed by atoms with van der Waals surface area (Å²) in [7, 11) is 1.44. The van der Waals surface area contributed by atoms with Crippen molar-refractivity contribution >= 4 is 11.9 Å². The van der Waals surface area contributed by atoms with Gasteiger partial charge < -0.3 is 14.7 Å². The van der Waals surface area contributed by atoms with E-state index in [2.05, 4.69) is 0 Å². The summed E-state index contributed by atoms with van der Waals surface area (Å²) in [5.41, 5.74) is -0.0946. The Hall–Kier alpha value is -2.02. The fourth-order valence-corrected chi connectivity index (χ4v) is 2.52. The molecule has 1 aromatic carbocycles. The van der Waals surface area contributed by atoms with E-state index in [1.54, 1.807) is 0 Å². The zero-order valence-electron chi connectivity index (χ0n) is 12.1. The Labute approximate surface area is 126 Å². The third-order valence-corrected chi connectivity index (χ3v) is 3.68.